The summed E-state index contributed by atoms with van der Waals surface area (Å²) in [5.74, 6) is 0.746. The molecule has 24 heavy (non-hydrogen) atoms. The van der Waals surface area contributed by atoms with Crippen molar-refractivity contribution >= 4 is 5.91 Å². The van der Waals surface area contributed by atoms with E-state index in [-0.39, 0.29) is 5.91 Å². The van der Waals surface area contributed by atoms with Gasteiger partial charge in [-0.1, -0.05) is 13.0 Å². The molecule has 120 valence electrons. The Kier molecular flexibility index (Phi) is 5.19. The highest BCUT2D eigenvalue weighted by Gasteiger charge is 2.24. The van der Waals surface area contributed by atoms with E-state index in [1.165, 1.54) is 0 Å². The number of rotatable bonds is 5. The first-order valence-corrected chi connectivity index (χ1v) is 7.51. The topological polar surface area (TPSA) is 85.9 Å². The predicted octanol–water partition coefficient (Wildman–Crippen LogP) is 3.77. The first kappa shape index (κ1) is 17.1. The first-order valence-electron chi connectivity index (χ1n) is 7.51. The van der Waals surface area contributed by atoms with E-state index < -0.39 is 5.54 Å². The molecule has 5 heteroatoms. The summed E-state index contributed by atoms with van der Waals surface area (Å²) in [5, 5.41) is 20.7. The minimum absolute atomic E-state index is 0.328. The number of hydrogen-bond donors (Lipinski definition) is 1. The molecule has 0 bridgehead atoms. The highest BCUT2D eigenvalue weighted by atomic mass is 16.5. The average Bonchev–Trinajstić information content (AvgIpc) is 2.62. The van der Waals surface area contributed by atoms with Crippen molar-refractivity contribution in [2.75, 3.05) is 0 Å². The van der Waals surface area contributed by atoms with Crippen molar-refractivity contribution in [1.82, 2.24) is 5.32 Å². The van der Waals surface area contributed by atoms with Crippen LogP contribution in [-0.4, -0.2) is 11.4 Å². The minimum atomic E-state index is -0.902. The molecule has 1 amide bonds. The van der Waals surface area contributed by atoms with E-state index in [4.69, 9.17) is 15.3 Å². The molecular formula is C19H17N3O2. The fourth-order valence-electron chi connectivity index (χ4n) is 1.95. The Hall–Kier alpha value is -3.31. The maximum absolute atomic E-state index is 12.3. The van der Waals surface area contributed by atoms with Gasteiger partial charge in [0.15, 0.2) is 0 Å². The van der Waals surface area contributed by atoms with Crippen LogP contribution in [0.5, 0.6) is 11.5 Å². The van der Waals surface area contributed by atoms with Crippen molar-refractivity contribution in [1.29, 1.82) is 10.5 Å². The zero-order valence-electron chi connectivity index (χ0n) is 13.5. The Bertz CT molecular complexity index is 816. The zero-order valence-corrected chi connectivity index (χ0v) is 13.5. The molecular weight excluding hydrogens is 302 g/mol. The van der Waals surface area contributed by atoms with Crippen molar-refractivity contribution in [3.63, 3.8) is 0 Å². The van der Waals surface area contributed by atoms with E-state index in [2.05, 4.69) is 11.4 Å². The molecule has 0 radical (unpaired) electrons. The van der Waals surface area contributed by atoms with Gasteiger partial charge in [0.1, 0.15) is 17.0 Å². The smallest absolute Gasteiger partial charge is 0.252 e. The van der Waals surface area contributed by atoms with Crippen LogP contribution in [0.25, 0.3) is 0 Å². The normalized spacial score (nSPS) is 12.3. The van der Waals surface area contributed by atoms with E-state index in [9.17, 15) is 4.79 Å². The van der Waals surface area contributed by atoms with Crippen LogP contribution in [-0.2, 0) is 0 Å². The van der Waals surface area contributed by atoms with Crippen LogP contribution >= 0.6 is 0 Å². The van der Waals surface area contributed by atoms with Crippen LogP contribution in [0.15, 0.2) is 48.5 Å². The fourth-order valence-corrected chi connectivity index (χ4v) is 1.95. The number of nitrogens with one attached hydrogen (secondary N) is 1. The molecule has 0 saturated carbocycles. The second kappa shape index (κ2) is 7.30. The quantitative estimate of drug-likeness (QED) is 0.908. The monoisotopic (exact) mass is 319 g/mol. The summed E-state index contributed by atoms with van der Waals surface area (Å²) in [6.07, 6.45) is 0.511. The number of benzene rings is 2. The summed E-state index contributed by atoms with van der Waals surface area (Å²) in [6, 6.07) is 17.6. The minimum Gasteiger partial charge on any atom is -0.457 e. The summed E-state index contributed by atoms with van der Waals surface area (Å²) in [4.78, 5) is 12.3. The van der Waals surface area contributed by atoms with E-state index >= 15 is 0 Å². The van der Waals surface area contributed by atoms with Gasteiger partial charge in [-0.3, -0.25) is 4.79 Å². The van der Waals surface area contributed by atoms with Gasteiger partial charge in [-0.05, 0) is 55.8 Å². The lowest BCUT2D eigenvalue weighted by molar-refractivity contribution is 0.0922. The van der Waals surface area contributed by atoms with Crippen LogP contribution in [0.4, 0.5) is 0 Å². The molecule has 1 atom stereocenters. The molecule has 0 spiro atoms. The summed E-state index contributed by atoms with van der Waals surface area (Å²) in [6.45, 7) is 3.52. The molecule has 2 rings (SSSR count). The van der Waals surface area contributed by atoms with Crippen molar-refractivity contribution in [3.8, 4) is 23.6 Å². The molecule has 2 aromatic carbocycles. The van der Waals surface area contributed by atoms with Crippen molar-refractivity contribution in [2.45, 2.75) is 25.8 Å². The second-order valence-electron chi connectivity index (χ2n) is 5.52. The molecule has 0 aliphatic heterocycles. The summed E-state index contributed by atoms with van der Waals surface area (Å²) >= 11 is 0. The van der Waals surface area contributed by atoms with Gasteiger partial charge in [-0.25, -0.2) is 0 Å². The molecule has 2 aromatic rings. The van der Waals surface area contributed by atoms with Gasteiger partial charge in [-0.15, -0.1) is 0 Å². The summed E-state index contributed by atoms with van der Waals surface area (Å²) < 4.78 is 5.70. The standard InChI is InChI=1S/C19H17N3O2/c1-3-19(2,13-21)22-18(23)15-5-4-6-17(11-15)24-16-9-7-14(12-20)8-10-16/h4-11H,3H2,1-2H3,(H,22,23)/t19-/m0/s1. The zero-order chi connectivity index (χ0) is 17.6. The molecule has 0 aliphatic rings. The van der Waals surface area contributed by atoms with Crippen LogP contribution < -0.4 is 10.1 Å². The molecule has 0 aliphatic carbocycles. The third-order valence-electron chi connectivity index (χ3n) is 3.66. The Morgan fingerprint density at radius 1 is 1.17 bits per heavy atom. The van der Waals surface area contributed by atoms with Crippen LogP contribution in [0, 0.1) is 22.7 Å². The Balaban J connectivity index is 2.15. The number of amides is 1. The van der Waals surface area contributed by atoms with Crippen LogP contribution in [0.3, 0.4) is 0 Å². The Morgan fingerprint density at radius 3 is 2.46 bits per heavy atom. The van der Waals surface area contributed by atoms with E-state index in [1.807, 2.05) is 13.0 Å². The van der Waals surface area contributed by atoms with E-state index in [0.717, 1.165) is 0 Å². The average molecular weight is 319 g/mol. The number of nitrogens with zero attached hydrogens (tertiary/aromatic N) is 2. The van der Waals surface area contributed by atoms with Gasteiger partial charge in [0, 0.05) is 5.56 Å². The molecule has 0 aromatic heterocycles. The SMILES string of the molecule is CC[C@@](C)(C#N)NC(=O)c1cccc(Oc2ccc(C#N)cc2)c1. The predicted molar refractivity (Wildman–Crippen MR) is 89.4 cm³/mol. The van der Waals surface area contributed by atoms with Gasteiger partial charge in [0.05, 0.1) is 17.7 Å². The number of ether oxygens (including phenoxy) is 1. The molecule has 1 N–H and O–H groups in total. The van der Waals surface area contributed by atoms with Crippen molar-refractivity contribution < 1.29 is 9.53 Å². The summed E-state index contributed by atoms with van der Waals surface area (Å²) in [5.41, 5.74) is 0.0584. The highest BCUT2D eigenvalue weighted by Crippen LogP contribution is 2.23. The number of carbonyl (C=O) groups excluding carboxylic acids is 1. The maximum atomic E-state index is 12.3. The number of nitriles is 2. The Labute approximate surface area is 141 Å². The van der Waals surface area contributed by atoms with Gasteiger partial charge in [0.2, 0.25) is 0 Å². The molecule has 0 fully saturated rings. The maximum Gasteiger partial charge on any atom is 0.252 e. The van der Waals surface area contributed by atoms with Gasteiger partial charge in [0.25, 0.3) is 5.91 Å². The number of hydrogen-bond acceptors (Lipinski definition) is 4. The van der Waals surface area contributed by atoms with Gasteiger partial charge < -0.3 is 10.1 Å². The van der Waals surface area contributed by atoms with Gasteiger partial charge in [-0.2, -0.15) is 10.5 Å². The highest BCUT2D eigenvalue weighted by molar-refractivity contribution is 5.95. The van der Waals surface area contributed by atoms with Crippen molar-refractivity contribution in [3.05, 3.63) is 59.7 Å². The van der Waals surface area contributed by atoms with Gasteiger partial charge >= 0.3 is 0 Å². The third kappa shape index (κ3) is 4.12. The van der Waals surface area contributed by atoms with E-state index in [0.29, 0.717) is 29.0 Å². The summed E-state index contributed by atoms with van der Waals surface area (Å²) in [7, 11) is 0. The van der Waals surface area contributed by atoms with Crippen LogP contribution in [0.1, 0.15) is 36.2 Å². The second-order valence-corrected chi connectivity index (χ2v) is 5.52. The Morgan fingerprint density at radius 2 is 1.88 bits per heavy atom. The number of carbonyl (C=O) groups is 1. The fraction of sp³-hybridized carbons (Fsp3) is 0.211. The van der Waals surface area contributed by atoms with E-state index in [1.54, 1.807) is 55.5 Å². The van der Waals surface area contributed by atoms with Crippen LogP contribution in [0.2, 0.25) is 0 Å². The lowest BCUT2D eigenvalue weighted by Crippen LogP contribution is -2.44. The molecule has 0 unspecified atom stereocenters. The lowest BCUT2D eigenvalue weighted by atomic mass is 10.0. The molecule has 5 nitrogen and oxygen atoms in total. The van der Waals surface area contributed by atoms with Crippen molar-refractivity contribution in [2.24, 2.45) is 0 Å². The molecule has 0 heterocycles. The molecule has 0 saturated heterocycles. The largest absolute Gasteiger partial charge is 0.457 e. The first-order chi connectivity index (χ1) is 11.5. The third-order valence-corrected chi connectivity index (χ3v) is 3.66. The lowest BCUT2D eigenvalue weighted by Gasteiger charge is -2.21.